The van der Waals surface area contributed by atoms with Crippen LogP contribution in [0.25, 0.3) is 0 Å². The Labute approximate surface area is 161 Å². The molecule has 0 radical (unpaired) electrons. The van der Waals surface area contributed by atoms with Crippen molar-refractivity contribution in [2.75, 3.05) is 11.3 Å². The molecule has 0 aliphatic carbocycles. The summed E-state index contributed by atoms with van der Waals surface area (Å²) in [5.74, 6) is -0.325. The van der Waals surface area contributed by atoms with Crippen LogP contribution in [0.2, 0.25) is 0 Å². The lowest BCUT2D eigenvalue weighted by Crippen LogP contribution is -2.40. The third kappa shape index (κ3) is 6.08. The molecule has 2 aromatic rings. The number of carbonyl (C=O) groups excluding carboxylic acids is 1. The zero-order valence-corrected chi connectivity index (χ0v) is 16.6. The van der Waals surface area contributed by atoms with Crippen molar-refractivity contribution in [1.82, 2.24) is 5.32 Å². The molecule has 1 atom stereocenters. The van der Waals surface area contributed by atoms with Crippen LogP contribution in [0.1, 0.15) is 42.1 Å². The fourth-order valence-corrected chi connectivity index (χ4v) is 3.71. The van der Waals surface area contributed by atoms with E-state index in [-0.39, 0.29) is 22.4 Å². The van der Waals surface area contributed by atoms with Gasteiger partial charge in [-0.05, 0) is 43.7 Å². The van der Waals surface area contributed by atoms with E-state index in [1.807, 2.05) is 19.1 Å². The number of unbranched alkanes of at least 4 members (excludes halogenated alkanes) is 1. The molecule has 27 heavy (non-hydrogen) atoms. The number of anilines is 1. The highest BCUT2D eigenvalue weighted by Crippen LogP contribution is 2.18. The summed E-state index contributed by atoms with van der Waals surface area (Å²) in [6.45, 7) is 4.35. The van der Waals surface area contributed by atoms with E-state index in [1.165, 1.54) is 12.1 Å². The van der Waals surface area contributed by atoms with Gasteiger partial charge >= 0.3 is 0 Å². The summed E-state index contributed by atoms with van der Waals surface area (Å²) >= 11 is 0. The number of rotatable bonds is 9. The number of nitrogens with one attached hydrogen (secondary N) is 2. The summed E-state index contributed by atoms with van der Waals surface area (Å²) in [4.78, 5) is 12.5. The van der Waals surface area contributed by atoms with Crippen molar-refractivity contribution < 1.29 is 13.2 Å². The molecule has 0 spiro atoms. The predicted octanol–water partition coefficient (Wildman–Crippen LogP) is 3.04. The van der Waals surface area contributed by atoms with Crippen molar-refractivity contribution in [3.8, 4) is 0 Å². The molecule has 7 heteroatoms. The first-order valence-electron chi connectivity index (χ1n) is 9.06. The van der Waals surface area contributed by atoms with Gasteiger partial charge in [0.2, 0.25) is 0 Å². The maximum atomic E-state index is 12.6. The van der Waals surface area contributed by atoms with Crippen molar-refractivity contribution in [1.29, 1.82) is 0 Å². The lowest BCUT2D eigenvalue weighted by Gasteiger charge is -2.17. The minimum Gasteiger partial charge on any atom is -0.348 e. The Bertz CT molecular complexity index is 864. The Morgan fingerprint density at radius 1 is 1.15 bits per heavy atom. The molecule has 0 saturated heterocycles. The van der Waals surface area contributed by atoms with Crippen LogP contribution < -0.4 is 15.8 Å². The van der Waals surface area contributed by atoms with Crippen LogP contribution in [0.5, 0.6) is 0 Å². The number of hydrogen-bond donors (Lipinski definition) is 3. The van der Waals surface area contributed by atoms with Gasteiger partial charge in [-0.1, -0.05) is 43.5 Å². The zero-order valence-electron chi connectivity index (χ0n) is 15.7. The van der Waals surface area contributed by atoms with Crippen molar-refractivity contribution in [2.24, 2.45) is 5.73 Å². The molecule has 0 fully saturated rings. The Morgan fingerprint density at radius 2 is 1.85 bits per heavy atom. The predicted molar refractivity (Wildman–Crippen MR) is 108 cm³/mol. The van der Waals surface area contributed by atoms with Crippen LogP contribution in [-0.4, -0.2) is 26.9 Å². The highest BCUT2D eigenvalue weighted by Gasteiger charge is 2.18. The minimum atomic E-state index is -3.79. The Balaban J connectivity index is 2.15. The van der Waals surface area contributed by atoms with Gasteiger partial charge in [0.1, 0.15) is 0 Å². The standard InChI is InChI=1S/C20H27N3O3S/c1-3-4-7-18(14-21)22-20(24)16-6-5-8-19(13-16)27(25,26)23-17-11-9-15(2)10-12-17/h5-6,8-13,18,23H,3-4,7,14,21H2,1-2H3,(H,22,24). The SMILES string of the molecule is CCCCC(CN)NC(=O)c1cccc(S(=O)(=O)Nc2ccc(C)cc2)c1. The van der Waals surface area contributed by atoms with Gasteiger partial charge in [-0.3, -0.25) is 9.52 Å². The van der Waals surface area contributed by atoms with Crippen LogP contribution >= 0.6 is 0 Å². The average Bonchev–Trinajstić information content (AvgIpc) is 2.66. The monoisotopic (exact) mass is 389 g/mol. The molecule has 4 N–H and O–H groups in total. The molecule has 0 bridgehead atoms. The van der Waals surface area contributed by atoms with Crippen molar-refractivity contribution in [3.63, 3.8) is 0 Å². The van der Waals surface area contributed by atoms with Gasteiger partial charge in [-0.2, -0.15) is 0 Å². The van der Waals surface area contributed by atoms with E-state index in [9.17, 15) is 13.2 Å². The van der Waals surface area contributed by atoms with Gasteiger partial charge < -0.3 is 11.1 Å². The summed E-state index contributed by atoms with van der Waals surface area (Å²) in [5.41, 5.74) is 7.51. The van der Waals surface area contributed by atoms with Crippen molar-refractivity contribution >= 4 is 21.6 Å². The summed E-state index contributed by atoms with van der Waals surface area (Å²) in [5, 5.41) is 2.87. The third-order valence-corrected chi connectivity index (χ3v) is 5.62. The maximum absolute atomic E-state index is 12.6. The van der Waals surface area contributed by atoms with Crippen LogP contribution in [0.3, 0.4) is 0 Å². The van der Waals surface area contributed by atoms with E-state index in [4.69, 9.17) is 5.73 Å². The molecule has 1 unspecified atom stereocenters. The van der Waals surface area contributed by atoms with E-state index in [1.54, 1.807) is 24.3 Å². The molecule has 0 aliphatic heterocycles. The van der Waals surface area contributed by atoms with Crippen LogP contribution in [0.15, 0.2) is 53.4 Å². The molecule has 0 heterocycles. The van der Waals surface area contributed by atoms with Gasteiger partial charge in [0.05, 0.1) is 4.90 Å². The third-order valence-electron chi connectivity index (χ3n) is 4.24. The number of benzene rings is 2. The summed E-state index contributed by atoms with van der Waals surface area (Å²) in [6, 6.07) is 12.9. The first kappa shape index (κ1) is 20.9. The van der Waals surface area contributed by atoms with E-state index in [0.29, 0.717) is 12.2 Å². The number of sulfonamides is 1. The molecule has 0 saturated carbocycles. The van der Waals surface area contributed by atoms with Crippen LogP contribution in [0, 0.1) is 6.92 Å². The van der Waals surface area contributed by atoms with Gasteiger partial charge in [-0.15, -0.1) is 0 Å². The highest BCUT2D eigenvalue weighted by molar-refractivity contribution is 7.92. The molecule has 6 nitrogen and oxygen atoms in total. The summed E-state index contributed by atoms with van der Waals surface area (Å²) in [7, 11) is -3.79. The molecule has 0 aromatic heterocycles. The van der Waals surface area contributed by atoms with E-state index in [2.05, 4.69) is 17.0 Å². The van der Waals surface area contributed by atoms with Crippen LogP contribution in [-0.2, 0) is 10.0 Å². The fraction of sp³-hybridized carbons (Fsp3) is 0.350. The maximum Gasteiger partial charge on any atom is 0.261 e. The van der Waals surface area contributed by atoms with E-state index >= 15 is 0 Å². The van der Waals surface area contributed by atoms with Crippen LogP contribution in [0.4, 0.5) is 5.69 Å². The molecular formula is C20H27N3O3S. The molecule has 0 aliphatic rings. The average molecular weight is 390 g/mol. The molecule has 2 rings (SSSR count). The Hall–Kier alpha value is -2.38. The number of carbonyl (C=O) groups is 1. The normalized spacial score (nSPS) is 12.4. The summed E-state index contributed by atoms with van der Waals surface area (Å²) < 4.78 is 27.8. The van der Waals surface area contributed by atoms with Crippen molar-refractivity contribution in [3.05, 3.63) is 59.7 Å². The smallest absolute Gasteiger partial charge is 0.261 e. The van der Waals surface area contributed by atoms with E-state index < -0.39 is 10.0 Å². The molecular weight excluding hydrogens is 362 g/mol. The first-order valence-corrected chi connectivity index (χ1v) is 10.5. The quantitative estimate of drug-likeness (QED) is 0.613. The second-order valence-electron chi connectivity index (χ2n) is 6.55. The lowest BCUT2D eigenvalue weighted by molar-refractivity contribution is 0.0935. The first-order chi connectivity index (χ1) is 12.9. The van der Waals surface area contributed by atoms with Gasteiger partial charge in [0.25, 0.3) is 15.9 Å². The number of nitrogens with two attached hydrogens (primary N) is 1. The van der Waals surface area contributed by atoms with E-state index in [0.717, 1.165) is 24.8 Å². The largest absolute Gasteiger partial charge is 0.348 e. The minimum absolute atomic E-state index is 0.0357. The van der Waals surface area contributed by atoms with Gasteiger partial charge in [0.15, 0.2) is 0 Å². The van der Waals surface area contributed by atoms with Gasteiger partial charge in [0, 0.05) is 23.8 Å². The number of aryl methyl sites for hydroxylation is 1. The fourth-order valence-electron chi connectivity index (χ4n) is 2.61. The topological polar surface area (TPSA) is 101 Å². The second-order valence-corrected chi connectivity index (χ2v) is 8.23. The lowest BCUT2D eigenvalue weighted by atomic mass is 10.1. The second kappa shape index (κ2) is 9.53. The van der Waals surface area contributed by atoms with Crippen molar-refractivity contribution in [2.45, 2.75) is 44.0 Å². The molecule has 146 valence electrons. The van der Waals surface area contributed by atoms with Gasteiger partial charge in [-0.25, -0.2) is 8.42 Å². The zero-order chi connectivity index (χ0) is 19.9. The highest BCUT2D eigenvalue weighted by atomic mass is 32.2. The Kier molecular flexibility index (Phi) is 7.38. The number of amides is 1. The summed E-state index contributed by atoms with van der Waals surface area (Å²) in [6.07, 6.45) is 2.79. The molecule has 2 aromatic carbocycles. The molecule has 1 amide bonds. The Morgan fingerprint density at radius 3 is 2.48 bits per heavy atom. The number of hydrogen-bond acceptors (Lipinski definition) is 4.